The molecule has 2 N–H and O–H groups in total. The van der Waals surface area contributed by atoms with Crippen LogP contribution in [0.4, 0.5) is 0 Å². The van der Waals surface area contributed by atoms with Crippen LogP contribution in [0.25, 0.3) is 22.6 Å². The highest BCUT2D eigenvalue weighted by molar-refractivity contribution is 5.95. The molecule has 0 atom stereocenters. The molecular formula is C26H25N3O2. The van der Waals surface area contributed by atoms with Gasteiger partial charge in [-0.15, -0.1) is 0 Å². The van der Waals surface area contributed by atoms with Crippen molar-refractivity contribution in [1.29, 1.82) is 0 Å². The van der Waals surface area contributed by atoms with Crippen LogP contribution in [-0.4, -0.2) is 28.9 Å². The molecule has 1 aliphatic rings. The molecule has 0 unspecified atom stereocenters. The minimum atomic E-state index is 0.0621. The maximum absolute atomic E-state index is 13.2. The molecule has 1 amide bonds. The zero-order chi connectivity index (χ0) is 21.2. The van der Waals surface area contributed by atoms with Gasteiger partial charge >= 0.3 is 0 Å². The smallest absolute Gasteiger partial charge is 0.253 e. The summed E-state index contributed by atoms with van der Waals surface area (Å²) in [6, 6.07) is 23.8. The number of piperidine rings is 1. The summed E-state index contributed by atoms with van der Waals surface area (Å²) in [6.45, 7) is 2.06. The Morgan fingerprint density at radius 2 is 1.81 bits per heavy atom. The SMILES string of the molecule is NCc1cccc(C2CCN(C(=O)c3cccc(-c4nc5ccccc5o4)c3)CC2)c1. The number of hydrogen-bond donors (Lipinski definition) is 1. The van der Waals surface area contributed by atoms with Crippen LogP contribution in [0.1, 0.15) is 40.2 Å². The predicted molar refractivity (Wildman–Crippen MR) is 122 cm³/mol. The summed E-state index contributed by atoms with van der Waals surface area (Å²) < 4.78 is 5.87. The number of fused-ring (bicyclic) bond motifs is 1. The third kappa shape index (κ3) is 3.97. The first-order chi connectivity index (χ1) is 15.2. The maximum atomic E-state index is 13.2. The molecule has 156 valence electrons. The van der Waals surface area contributed by atoms with Crippen LogP contribution in [0.2, 0.25) is 0 Å². The van der Waals surface area contributed by atoms with Gasteiger partial charge in [-0.05, 0) is 60.2 Å². The summed E-state index contributed by atoms with van der Waals surface area (Å²) in [5.74, 6) is 1.07. The molecule has 5 heteroatoms. The number of hydrogen-bond acceptors (Lipinski definition) is 4. The van der Waals surface area contributed by atoms with Crippen molar-refractivity contribution in [2.45, 2.75) is 25.3 Å². The van der Waals surface area contributed by atoms with Gasteiger partial charge in [0.15, 0.2) is 5.58 Å². The zero-order valence-electron chi connectivity index (χ0n) is 17.3. The topological polar surface area (TPSA) is 72.4 Å². The summed E-state index contributed by atoms with van der Waals surface area (Å²) >= 11 is 0. The van der Waals surface area contributed by atoms with Crippen molar-refractivity contribution in [3.8, 4) is 11.5 Å². The molecule has 0 saturated carbocycles. The second kappa shape index (κ2) is 8.36. The molecule has 5 nitrogen and oxygen atoms in total. The number of carbonyl (C=O) groups excluding carboxylic acids is 1. The van der Waals surface area contributed by atoms with Crippen LogP contribution in [0.15, 0.2) is 77.2 Å². The van der Waals surface area contributed by atoms with Crippen molar-refractivity contribution in [3.05, 3.63) is 89.5 Å². The van der Waals surface area contributed by atoms with E-state index in [1.54, 1.807) is 0 Å². The van der Waals surface area contributed by atoms with Crippen molar-refractivity contribution < 1.29 is 9.21 Å². The van der Waals surface area contributed by atoms with E-state index < -0.39 is 0 Å². The number of nitrogens with zero attached hydrogens (tertiary/aromatic N) is 2. The van der Waals surface area contributed by atoms with Crippen LogP contribution in [-0.2, 0) is 6.54 Å². The number of nitrogens with two attached hydrogens (primary N) is 1. The lowest BCUT2D eigenvalue weighted by Crippen LogP contribution is -2.37. The Hall–Kier alpha value is -3.44. The molecule has 1 fully saturated rings. The second-order valence-electron chi connectivity index (χ2n) is 8.08. The van der Waals surface area contributed by atoms with Crippen molar-refractivity contribution >= 4 is 17.0 Å². The summed E-state index contributed by atoms with van der Waals surface area (Å²) in [6.07, 6.45) is 1.93. The van der Waals surface area contributed by atoms with Gasteiger partial charge in [0.2, 0.25) is 5.89 Å². The minimum Gasteiger partial charge on any atom is -0.436 e. The maximum Gasteiger partial charge on any atom is 0.253 e. The van der Waals surface area contributed by atoms with Gasteiger partial charge in [-0.1, -0.05) is 42.5 Å². The highest BCUT2D eigenvalue weighted by Crippen LogP contribution is 2.30. The van der Waals surface area contributed by atoms with E-state index in [0.717, 1.165) is 48.2 Å². The number of aromatic nitrogens is 1. The molecule has 0 bridgehead atoms. The third-order valence-electron chi connectivity index (χ3n) is 6.09. The number of oxazole rings is 1. The van der Waals surface area contributed by atoms with Crippen LogP contribution in [0, 0.1) is 0 Å². The Kier molecular flexibility index (Phi) is 5.26. The van der Waals surface area contributed by atoms with E-state index in [0.29, 0.717) is 23.9 Å². The van der Waals surface area contributed by atoms with Gasteiger partial charge in [0, 0.05) is 30.8 Å². The molecule has 2 heterocycles. The normalized spacial score (nSPS) is 14.8. The van der Waals surface area contributed by atoms with Crippen molar-refractivity contribution in [3.63, 3.8) is 0 Å². The molecule has 4 aromatic rings. The molecule has 1 aliphatic heterocycles. The summed E-state index contributed by atoms with van der Waals surface area (Å²) in [5.41, 5.74) is 11.3. The van der Waals surface area contributed by atoms with Gasteiger partial charge < -0.3 is 15.1 Å². The van der Waals surface area contributed by atoms with Gasteiger partial charge in [0.1, 0.15) is 5.52 Å². The molecule has 1 aromatic heterocycles. The minimum absolute atomic E-state index is 0.0621. The monoisotopic (exact) mass is 411 g/mol. The number of para-hydroxylation sites is 2. The fraction of sp³-hybridized carbons (Fsp3) is 0.231. The molecule has 0 radical (unpaired) electrons. The molecular weight excluding hydrogens is 386 g/mol. The Bertz CT molecular complexity index is 1190. The fourth-order valence-electron chi connectivity index (χ4n) is 4.35. The van der Waals surface area contributed by atoms with E-state index in [1.807, 2.05) is 53.4 Å². The lowest BCUT2D eigenvalue weighted by atomic mass is 9.88. The quantitative estimate of drug-likeness (QED) is 0.514. The van der Waals surface area contributed by atoms with Crippen LogP contribution in [0.5, 0.6) is 0 Å². The third-order valence-corrected chi connectivity index (χ3v) is 6.09. The van der Waals surface area contributed by atoms with Gasteiger partial charge in [0.05, 0.1) is 0 Å². The number of rotatable bonds is 4. The molecule has 0 aliphatic carbocycles. The van der Waals surface area contributed by atoms with Crippen molar-refractivity contribution in [2.24, 2.45) is 5.73 Å². The van der Waals surface area contributed by atoms with E-state index in [-0.39, 0.29) is 5.91 Å². The van der Waals surface area contributed by atoms with E-state index in [4.69, 9.17) is 10.2 Å². The Labute approximate surface area is 181 Å². The zero-order valence-corrected chi connectivity index (χ0v) is 17.3. The first kappa shape index (κ1) is 19.5. The van der Waals surface area contributed by atoms with Gasteiger partial charge in [-0.2, -0.15) is 0 Å². The fourth-order valence-corrected chi connectivity index (χ4v) is 4.35. The second-order valence-corrected chi connectivity index (χ2v) is 8.08. The molecule has 3 aromatic carbocycles. The van der Waals surface area contributed by atoms with Crippen LogP contribution in [0.3, 0.4) is 0 Å². The average molecular weight is 412 g/mol. The molecule has 1 saturated heterocycles. The van der Waals surface area contributed by atoms with Crippen molar-refractivity contribution in [1.82, 2.24) is 9.88 Å². The molecule has 0 spiro atoms. The van der Waals surface area contributed by atoms with Crippen LogP contribution >= 0.6 is 0 Å². The molecule has 5 rings (SSSR count). The molecule has 31 heavy (non-hydrogen) atoms. The Balaban J connectivity index is 1.30. The van der Waals surface area contributed by atoms with E-state index in [1.165, 1.54) is 5.56 Å². The largest absolute Gasteiger partial charge is 0.436 e. The van der Waals surface area contributed by atoms with Crippen LogP contribution < -0.4 is 5.73 Å². The highest BCUT2D eigenvalue weighted by atomic mass is 16.3. The Morgan fingerprint density at radius 3 is 2.61 bits per heavy atom. The lowest BCUT2D eigenvalue weighted by Gasteiger charge is -2.32. The van der Waals surface area contributed by atoms with Gasteiger partial charge in [-0.25, -0.2) is 4.98 Å². The first-order valence-electron chi connectivity index (χ1n) is 10.8. The van der Waals surface area contributed by atoms with Gasteiger partial charge in [-0.3, -0.25) is 4.79 Å². The van der Waals surface area contributed by atoms with E-state index in [2.05, 4.69) is 29.2 Å². The Morgan fingerprint density at radius 1 is 1.00 bits per heavy atom. The number of benzene rings is 3. The number of likely N-dealkylation sites (tertiary alicyclic amines) is 1. The van der Waals surface area contributed by atoms with Crippen molar-refractivity contribution in [2.75, 3.05) is 13.1 Å². The average Bonchev–Trinajstić information content (AvgIpc) is 3.28. The highest BCUT2D eigenvalue weighted by Gasteiger charge is 2.25. The van der Waals surface area contributed by atoms with E-state index in [9.17, 15) is 4.79 Å². The summed E-state index contributed by atoms with van der Waals surface area (Å²) in [7, 11) is 0. The number of amides is 1. The summed E-state index contributed by atoms with van der Waals surface area (Å²) in [5, 5.41) is 0. The number of carbonyl (C=O) groups is 1. The van der Waals surface area contributed by atoms with E-state index >= 15 is 0 Å². The lowest BCUT2D eigenvalue weighted by molar-refractivity contribution is 0.0713. The standard InChI is InChI=1S/C26H25N3O2/c27-17-18-5-3-6-20(15-18)19-11-13-29(14-12-19)26(30)22-8-4-7-21(16-22)25-28-23-9-1-2-10-24(23)31-25/h1-10,15-16,19H,11-14,17,27H2. The first-order valence-corrected chi connectivity index (χ1v) is 10.8. The summed E-state index contributed by atoms with van der Waals surface area (Å²) in [4.78, 5) is 19.7. The predicted octanol–water partition coefficient (Wildman–Crippen LogP) is 4.97. The van der Waals surface area contributed by atoms with Gasteiger partial charge in [0.25, 0.3) is 5.91 Å².